The highest BCUT2D eigenvalue weighted by atomic mass is 19.4. The van der Waals surface area contributed by atoms with Crippen molar-refractivity contribution in [2.45, 2.75) is 19.5 Å². The van der Waals surface area contributed by atoms with E-state index < -0.39 is 25.3 Å². The Balaban J connectivity index is 2.32. The number of aromatic nitrogens is 2. The Morgan fingerprint density at radius 1 is 1.19 bits per heavy atom. The highest BCUT2D eigenvalue weighted by Gasteiger charge is 2.31. The lowest BCUT2D eigenvalue weighted by Gasteiger charge is -2.10. The van der Waals surface area contributed by atoms with Crippen LogP contribution in [-0.4, -0.2) is 21.2 Å². The second-order valence-corrected chi connectivity index (χ2v) is 3.97. The number of aliphatic hydroxyl groups excluding tert-OH is 1. The number of alkyl halides is 5. The predicted octanol–water partition coefficient (Wildman–Crippen LogP) is 3.34. The molecule has 0 unspecified atom stereocenters. The second-order valence-electron chi connectivity index (χ2n) is 3.97. The van der Waals surface area contributed by atoms with Gasteiger partial charge in [-0.25, -0.2) is 4.68 Å². The standard InChI is InChI=1S/C12H9F5N2O2/c13-11(14)19-10(5-8(6-20)18-19)7-1-3-9(4-2-7)21-12(15,16)17/h1-5,11,20H,6H2. The number of nitrogens with zero attached hydrogens (tertiary/aromatic N) is 2. The largest absolute Gasteiger partial charge is 0.573 e. The van der Waals surface area contributed by atoms with Crippen molar-refractivity contribution in [1.82, 2.24) is 9.78 Å². The lowest BCUT2D eigenvalue weighted by molar-refractivity contribution is -0.274. The predicted molar refractivity (Wildman–Crippen MR) is 61.5 cm³/mol. The first-order chi connectivity index (χ1) is 9.80. The van der Waals surface area contributed by atoms with Gasteiger partial charge in [-0.1, -0.05) is 0 Å². The Kier molecular flexibility index (Phi) is 4.12. The van der Waals surface area contributed by atoms with Gasteiger partial charge in [0.25, 0.3) is 0 Å². The quantitative estimate of drug-likeness (QED) is 0.881. The van der Waals surface area contributed by atoms with Crippen LogP contribution in [0.15, 0.2) is 30.3 Å². The van der Waals surface area contributed by atoms with Gasteiger partial charge in [0, 0.05) is 5.56 Å². The molecule has 0 aliphatic rings. The SMILES string of the molecule is OCc1cc(-c2ccc(OC(F)(F)F)cc2)n(C(F)F)n1. The molecule has 0 aliphatic heterocycles. The fraction of sp³-hybridized carbons (Fsp3) is 0.250. The molecule has 0 amide bonds. The van der Waals surface area contributed by atoms with Crippen LogP contribution in [-0.2, 0) is 6.61 Å². The molecule has 0 spiro atoms. The van der Waals surface area contributed by atoms with E-state index in [9.17, 15) is 22.0 Å². The maximum atomic E-state index is 12.8. The zero-order valence-corrected chi connectivity index (χ0v) is 10.3. The van der Waals surface area contributed by atoms with E-state index in [1.165, 1.54) is 18.2 Å². The Morgan fingerprint density at radius 3 is 2.29 bits per heavy atom. The monoisotopic (exact) mass is 308 g/mol. The molecule has 1 aromatic heterocycles. The maximum Gasteiger partial charge on any atom is 0.573 e. The van der Waals surface area contributed by atoms with Gasteiger partial charge in [0.15, 0.2) is 0 Å². The Labute approximate surface area is 115 Å². The summed E-state index contributed by atoms with van der Waals surface area (Å²) in [6.45, 7) is -3.46. The van der Waals surface area contributed by atoms with Crippen LogP contribution in [0, 0.1) is 0 Å². The van der Waals surface area contributed by atoms with Crippen LogP contribution in [0.1, 0.15) is 12.2 Å². The van der Waals surface area contributed by atoms with Crippen LogP contribution in [0.5, 0.6) is 5.75 Å². The first-order valence-electron chi connectivity index (χ1n) is 5.64. The van der Waals surface area contributed by atoms with Gasteiger partial charge in [-0.3, -0.25) is 0 Å². The summed E-state index contributed by atoms with van der Waals surface area (Å²) < 4.78 is 65.7. The van der Waals surface area contributed by atoms with E-state index in [1.807, 2.05) is 0 Å². The summed E-state index contributed by atoms with van der Waals surface area (Å²) in [5.74, 6) is -0.461. The van der Waals surface area contributed by atoms with E-state index >= 15 is 0 Å². The molecule has 2 rings (SSSR count). The molecule has 9 heteroatoms. The van der Waals surface area contributed by atoms with Crippen molar-refractivity contribution in [3.05, 3.63) is 36.0 Å². The molecule has 4 nitrogen and oxygen atoms in total. The number of ether oxygens (including phenoxy) is 1. The smallest absolute Gasteiger partial charge is 0.406 e. The lowest BCUT2D eigenvalue weighted by atomic mass is 10.1. The lowest BCUT2D eigenvalue weighted by Crippen LogP contribution is -2.16. The van der Waals surface area contributed by atoms with Crippen LogP contribution in [0.25, 0.3) is 11.3 Å². The average Bonchev–Trinajstić information content (AvgIpc) is 2.82. The number of hydrogen-bond acceptors (Lipinski definition) is 3. The van der Waals surface area contributed by atoms with Crippen LogP contribution in [0.4, 0.5) is 22.0 Å². The molecule has 1 N–H and O–H groups in total. The molecular weight excluding hydrogens is 299 g/mol. The molecule has 21 heavy (non-hydrogen) atoms. The third kappa shape index (κ3) is 3.69. The molecule has 0 atom stereocenters. The number of rotatable bonds is 4. The summed E-state index contributed by atoms with van der Waals surface area (Å²) in [5.41, 5.74) is 0.227. The Bertz CT molecular complexity index is 607. The van der Waals surface area contributed by atoms with Gasteiger partial charge < -0.3 is 9.84 Å². The molecule has 0 saturated heterocycles. The van der Waals surface area contributed by atoms with Gasteiger partial charge in [-0.05, 0) is 30.3 Å². The summed E-state index contributed by atoms with van der Waals surface area (Å²) in [6.07, 6.45) is -4.82. The number of hydrogen-bond donors (Lipinski definition) is 1. The van der Waals surface area contributed by atoms with Crippen molar-refractivity contribution in [3.8, 4) is 17.0 Å². The van der Waals surface area contributed by atoms with Crippen molar-refractivity contribution in [2.75, 3.05) is 0 Å². The van der Waals surface area contributed by atoms with E-state index in [-0.39, 0.29) is 17.0 Å². The number of benzene rings is 1. The van der Waals surface area contributed by atoms with Crippen LogP contribution in [0.2, 0.25) is 0 Å². The first-order valence-corrected chi connectivity index (χ1v) is 5.64. The summed E-state index contributed by atoms with van der Waals surface area (Å²) in [7, 11) is 0. The topological polar surface area (TPSA) is 47.3 Å². The molecule has 2 aromatic rings. The minimum atomic E-state index is -4.82. The molecule has 1 heterocycles. The fourth-order valence-corrected chi connectivity index (χ4v) is 1.71. The molecule has 0 bridgehead atoms. The summed E-state index contributed by atoms with van der Waals surface area (Å²) >= 11 is 0. The first kappa shape index (κ1) is 15.2. The summed E-state index contributed by atoms with van der Waals surface area (Å²) in [6, 6.07) is 5.62. The number of aliphatic hydroxyl groups is 1. The average molecular weight is 308 g/mol. The van der Waals surface area contributed by atoms with Gasteiger partial charge >= 0.3 is 12.9 Å². The molecule has 1 aromatic carbocycles. The van der Waals surface area contributed by atoms with Gasteiger partial charge in [-0.2, -0.15) is 13.9 Å². The highest BCUT2D eigenvalue weighted by molar-refractivity contribution is 5.61. The van der Waals surface area contributed by atoms with Crippen LogP contribution >= 0.6 is 0 Å². The zero-order valence-electron chi connectivity index (χ0n) is 10.3. The van der Waals surface area contributed by atoms with Crippen molar-refractivity contribution in [2.24, 2.45) is 0 Å². The van der Waals surface area contributed by atoms with Crippen molar-refractivity contribution < 1.29 is 31.8 Å². The van der Waals surface area contributed by atoms with E-state index in [0.29, 0.717) is 4.68 Å². The van der Waals surface area contributed by atoms with E-state index in [0.717, 1.165) is 12.1 Å². The molecular formula is C12H9F5N2O2. The maximum absolute atomic E-state index is 12.8. The van der Waals surface area contributed by atoms with Crippen molar-refractivity contribution >= 4 is 0 Å². The minimum Gasteiger partial charge on any atom is -0.406 e. The zero-order chi connectivity index (χ0) is 15.6. The van der Waals surface area contributed by atoms with Crippen molar-refractivity contribution in [3.63, 3.8) is 0 Å². The minimum absolute atomic E-state index is 0.0207. The van der Waals surface area contributed by atoms with E-state index in [1.54, 1.807) is 0 Å². The third-order valence-electron chi connectivity index (χ3n) is 2.52. The fourth-order valence-electron chi connectivity index (χ4n) is 1.71. The van der Waals surface area contributed by atoms with Gasteiger partial charge in [-0.15, -0.1) is 13.2 Å². The summed E-state index contributed by atoms with van der Waals surface area (Å²) in [4.78, 5) is 0. The molecule has 0 radical (unpaired) electrons. The van der Waals surface area contributed by atoms with Gasteiger partial charge in [0.1, 0.15) is 5.75 Å². The van der Waals surface area contributed by atoms with Crippen LogP contribution in [0.3, 0.4) is 0 Å². The van der Waals surface area contributed by atoms with E-state index in [2.05, 4.69) is 9.84 Å². The normalized spacial score (nSPS) is 12.0. The highest BCUT2D eigenvalue weighted by Crippen LogP contribution is 2.29. The van der Waals surface area contributed by atoms with Gasteiger partial charge in [0.05, 0.1) is 18.0 Å². The van der Waals surface area contributed by atoms with Crippen molar-refractivity contribution in [1.29, 1.82) is 0 Å². The molecule has 0 saturated carbocycles. The molecule has 0 aliphatic carbocycles. The second kappa shape index (κ2) is 5.68. The molecule has 114 valence electrons. The van der Waals surface area contributed by atoms with Crippen LogP contribution < -0.4 is 4.74 Å². The third-order valence-corrected chi connectivity index (χ3v) is 2.52. The molecule has 0 fully saturated rings. The number of halogens is 5. The van der Waals surface area contributed by atoms with E-state index in [4.69, 9.17) is 5.11 Å². The summed E-state index contributed by atoms with van der Waals surface area (Å²) in [5, 5.41) is 12.4. The Hall–Kier alpha value is -2.16. The van der Waals surface area contributed by atoms with Gasteiger partial charge in [0.2, 0.25) is 0 Å². The Morgan fingerprint density at radius 2 is 1.81 bits per heavy atom.